The molecule has 0 bridgehead atoms. The lowest BCUT2D eigenvalue weighted by Crippen LogP contribution is -2.60. The number of ether oxygens (including phenoxy) is 2. The van der Waals surface area contributed by atoms with Crippen molar-refractivity contribution < 1.29 is 18.8 Å². The van der Waals surface area contributed by atoms with Gasteiger partial charge in [-0.2, -0.15) is 0 Å². The maximum atomic E-state index is 6.17. The number of hydrogen-bond donors (Lipinski definition) is 0. The standard InChI is InChI=1S/C14H27BO4/c1-10-9-16-14(8,17-11(10,2)3)15-18-12(4,5)13(6,7)19-15/h10H,9H2,1-8H3. The van der Waals surface area contributed by atoms with Gasteiger partial charge in [-0.25, -0.2) is 0 Å². The second-order valence-electron chi connectivity index (χ2n) is 7.52. The van der Waals surface area contributed by atoms with Crippen LogP contribution in [0.4, 0.5) is 0 Å². The first-order valence-corrected chi connectivity index (χ1v) is 7.09. The zero-order valence-corrected chi connectivity index (χ0v) is 13.5. The molecular formula is C14H27BO4. The van der Waals surface area contributed by atoms with Crippen LogP contribution in [0.1, 0.15) is 55.4 Å². The molecule has 110 valence electrons. The molecule has 2 rings (SSSR count). The molecule has 0 spiro atoms. The van der Waals surface area contributed by atoms with Crippen molar-refractivity contribution in [3.05, 3.63) is 0 Å². The van der Waals surface area contributed by atoms with E-state index in [1.54, 1.807) is 0 Å². The van der Waals surface area contributed by atoms with Gasteiger partial charge in [0.15, 0.2) is 5.69 Å². The molecule has 2 fully saturated rings. The average Bonchev–Trinajstić information content (AvgIpc) is 2.43. The van der Waals surface area contributed by atoms with E-state index in [1.165, 1.54) is 0 Å². The van der Waals surface area contributed by atoms with Gasteiger partial charge in [0.05, 0.1) is 23.4 Å². The molecule has 0 saturated carbocycles. The molecule has 0 aromatic carbocycles. The summed E-state index contributed by atoms with van der Waals surface area (Å²) in [7, 11) is -0.510. The lowest BCUT2D eigenvalue weighted by Gasteiger charge is -2.47. The monoisotopic (exact) mass is 270 g/mol. The van der Waals surface area contributed by atoms with Crippen LogP contribution in [0.3, 0.4) is 0 Å². The van der Waals surface area contributed by atoms with Gasteiger partial charge in [0.1, 0.15) is 0 Å². The van der Waals surface area contributed by atoms with Gasteiger partial charge in [-0.1, -0.05) is 6.92 Å². The highest BCUT2D eigenvalue weighted by Crippen LogP contribution is 2.44. The highest BCUT2D eigenvalue weighted by molar-refractivity contribution is 6.48. The minimum Gasteiger partial charge on any atom is -0.400 e. The smallest absolute Gasteiger partial charge is 0.400 e. The Hall–Kier alpha value is -0.0951. The summed E-state index contributed by atoms with van der Waals surface area (Å²) in [6.07, 6.45) is 0. The topological polar surface area (TPSA) is 36.9 Å². The van der Waals surface area contributed by atoms with Crippen LogP contribution in [0, 0.1) is 5.92 Å². The molecule has 0 aromatic heterocycles. The van der Waals surface area contributed by atoms with Crippen LogP contribution < -0.4 is 0 Å². The van der Waals surface area contributed by atoms with Gasteiger partial charge in [0, 0.05) is 5.92 Å². The summed E-state index contributed by atoms with van der Waals surface area (Å²) in [4.78, 5) is 0. The highest BCUT2D eigenvalue weighted by Gasteiger charge is 2.62. The molecule has 2 atom stereocenters. The minimum absolute atomic E-state index is 0.253. The molecule has 2 saturated heterocycles. The fraction of sp³-hybridized carbons (Fsp3) is 1.00. The Kier molecular flexibility index (Phi) is 3.38. The second kappa shape index (κ2) is 4.20. The van der Waals surface area contributed by atoms with Crippen molar-refractivity contribution >= 4 is 7.12 Å². The molecule has 0 N–H and O–H groups in total. The third kappa shape index (κ3) is 2.46. The zero-order chi connectivity index (χ0) is 14.7. The van der Waals surface area contributed by atoms with Gasteiger partial charge in [-0.15, -0.1) is 0 Å². The molecule has 0 aromatic rings. The Labute approximate surface area is 117 Å². The van der Waals surface area contributed by atoms with E-state index in [9.17, 15) is 0 Å². The van der Waals surface area contributed by atoms with Gasteiger partial charge in [-0.05, 0) is 48.5 Å². The largest absolute Gasteiger partial charge is 0.521 e. The molecule has 0 radical (unpaired) electrons. The second-order valence-corrected chi connectivity index (χ2v) is 7.52. The number of hydrogen-bond acceptors (Lipinski definition) is 4. The maximum absolute atomic E-state index is 6.17. The van der Waals surface area contributed by atoms with Crippen LogP contribution in [0.25, 0.3) is 0 Å². The van der Waals surface area contributed by atoms with Gasteiger partial charge in [-0.3, -0.25) is 0 Å². The Morgan fingerprint density at radius 2 is 1.37 bits per heavy atom. The Bertz CT molecular complexity index is 350. The summed E-state index contributed by atoms with van der Waals surface area (Å²) < 4.78 is 24.2. The van der Waals surface area contributed by atoms with Gasteiger partial charge < -0.3 is 18.8 Å². The normalized spacial score (nSPS) is 40.4. The fourth-order valence-corrected chi connectivity index (χ4v) is 2.32. The van der Waals surface area contributed by atoms with Crippen molar-refractivity contribution in [2.75, 3.05) is 6.61 Å². The van der Waals surface area contributed by atoms with Crippen LogP contribution in [0.2, 0.25) is 0 Å². The lowest BCUT2D eigenvalue weighted by molar-refractivity contribution is -0.298. The summed E-state index contributed by atoms with van der Waals surface area (Å²) in [6, 6.07) is 0. The summed E-state index contributed by atoms with van der Waals surface area (Å²) in [6.45, 7) is 17.0. The third-order valence-corrected chi connectivity index (χ3v) is 4.95. The highest BCUT2D eigenvalue weighted by atomic mass is 16.8. The third-order valence-electron chi connectivity index (χ3n) is 4.95. The van der Waals surface area contributed by atoms with Gasteiger partial charge in [0.2, 0.25) is 0 Å². The predicted octanol–water partition coefficient (Wildman–Crippen LogP) is 2.80. The maximum Gasteiger partial charge on any atom is 0.521 e. The first-order chi connectivity index (χ1) is 8.40. The molecule has 2 heterocycles. The van der Waals surface area contributed by atoms with Crippen molar-refractivity contribution in [2.24, 2.45) is 5.92 Å². The van der Waals surface area contributed by atoms with Crippen LogP contribution in [-0.2, 0) is 18.8 Å². The SMILES string of the molecule is CC1COC(C)(B2OC(C)(C)C(C)(C)O2)OC1(C)C. The Morgan fingerprint density at radius 1 is 0.895 bits per heavy atom. The summed E-state index contributed by atoms with van der Waals surface area (Å²) in [5.74, 6) is 0.336. The van der Waals surface area contributed by atoms with Crippen molar-refractivity contribution in [1.82, 2.24) is 0 Å². The molecule has 0 aliphatic carbocycles. The predicted molar refractivity (Wildman–Crippen MR) is 74.8 cm³/mol. The van der Waals surface area contributed by atoms with E-state index in [2.05, 4.69) is 20.8 Å². The molecule has 5 heteroatoms. The van der Waals surface area contributed by atoms with E-state index in [4.69, 9.17) is 18.8 Å². The van der Waals surface area contributed by atoms with Crippen LogP contribution >= 0.6 is 0 Å². The average molecular weight is 270 g/mol. The quantitative estimate of drug-likeness (QED) is 0.686. The van der Waals surface area contributed by atoms with E-state index in [0.29, 0.717) is 12.5 Å². The molecular weight excluding hydrogens is 243 g/mol. The first kappa shape index (κ1) is 15.3. The zero-order valence-electron chi connectivity index (χ0n) is 13.5. The summed E-state index contributed by atoms with van der Waals surface area (Å²) >= 11 is 0. The van der Waals surface area contributed by atoms with E-state index < -0.39 is 12.8 Å². The van der Waals surface area contributed by atoms with Crippen molar-refractivity contribution in [3.63, 3.8) is 0 Å². The molecule has 2 unspecified atom stereocenters. The molecule has 4 nitrogen and oxygen atoms in total. The fourth-order valence-electron chi connectivity index (χ4n) is 2.32. The van der Waals surface area contributed by atoms with E-state index in [0.717, 1.165) is 0 Å². The van der Waals surface area contributed by atoms with E-state index in [1.807, 2.05) is 34.6 Å². The van der Waals surface area contributed by atoms with Gasteiger partial charge >= 0.3 is 7.12 Å². The first-order valence-electron chi connectivity index (χ1n) is 7.09. The molecule has 0 amide bonds. The minimum atomic E-state index is -0.860. The number of rotatable bonds is 1. The molecule has 2 aliphatic rings. The van der Waals surface area contributed by atoms with Crippen molar-refractivity contribution in [2.45, 2.75) is 77.9 Å². The van der Waals surface area contributed by atoms with Crippen LogP contribution in [-0.4, -0.2) is 36.2 Å². The van der Waals surface area contributed by atoms with E-state index in [-0.39, 0.29) is 16.8 Å². The molecule has 2 aliphatic heterocycles. The lowest BCUT2D eigenvalue weighted by atomic mass is 9.75. The van der Waals surface area contributed by atoms with E-state index >= 15 is 0 Å². The van der Waals surface area contributed by atoms with Crippen molar-refractivity contribution in [1.29, 1.82) is 0 Å². The summed E-state index contributed by atoms with van der Waals surface area (Å²) in [5, 5.41) is 0. The Morgan fingerprint density at radius 3 is 1.79 bits per heavy atom. The van der Waals surface area contributed by atoms with Crippen LogP contribution in [0.15, 0.2) is 0 Å². The Balaban J connectivity index is 2.19. The van der Waals surface area contributed by atoms with Crippen LogP contribution in [0.5, 0.6) is 0 Å². The van der Waals surface area contributed by atoms with Gasteiger partial charge in [0.25, 0.3) is 0 Å². The molecule has 19 heavy (non-hydrogen) atoms. The summed E-state index contributed by atoms with van der Waals surface area (Å²) in [5.41, 5.74) is -1.86. The van der Waals surface area contributed by atoms with Crippen molar-refractivity contribution in [3.8, 4) is 0 Å².